The van der Waals surface area contributed by atoms with Gasteiger partial charge < -0.3 is 14.5 Å². The summed E-state index contributed by atoms with van der Waals surface area (Å²) in [7, 11) is 0. The minimum Gasteiger partial charge on any atom is -0.450 e. The molecule has 0 aliphatic heterocycles. The fourth-order valence-electron chi connectivity index (χ4n) is 1.87. The molecule has 1 aromatic heterocycles. The van der Waals surface area contributed by atoms with Gasteiger partial charge in [-0.15, -0.1) is 0 Å². The molecule has 21 heavy (non-hydrogen) atoms. The van der Waals surface area contributed by atoms with Crippen LogP contribution in [-0.4, -0.2) is 17.1 Å². The second-order valence-corrected chi connectivity index (χ2v) is 6.15. The highest BCUT2D eigenvalue weighted by atomic mass is 16.6. The van der Waals surface area contributed by atoms with Gasteiger partial charge in [0.1, 0.15) is 6.26 Å². The van der Waals surface area contributed by atoms with E-state index in [0.717, 1.165) is 18.5 Å². The van der Waals surface area contributed by atoms with Crippen LogP contribution in [0.3, 0.4) is 0 Å². The minimum absolute atomic E-state index is 0.0651. The molecule has 0 spiro atoms. The predicted octanol–water partition coefficient (Wildman–Crippen LogP) is 3.57. The van der Waals surface area contributed by atoms with Gasteiger partial charge in [-0.2, -0.15) is 4.98 Å². The van der Waals surface area contributed by atoms with Crippen molar-refractivity contribution >= 4 is 0 Å². The maximum absolute atomic E-state index is 5.53. The van der Waals surface area contributed by atoms with Gasteiger partial charge in [0.15, 0.2) is 0 Å². The third-order valence-corrected chi connectivity index (χ3v) is 3.01. The van der Waals surface area contributed by atoms with Gasteiger partial charge in [-0.3, -0.25) is 0 Å². The minimum atomic E-state index is 0.0651. The van der Waals surface area contributed by atoms with Crippen LogP contribution in [0.15, 0.2) is 41.0 Å². The van der Waals surface area contributed by atoms with Crippen molar-refractivity contribution in [3.63, 3.8) is 0 Å². The maximum atomic E-state index is 5.53. The van der Waals surface area contributed by atoms with E-state index in [1.54, 1.807) is 6.26 Å². The van der Waals surface area contributed by atoms with Gasteiger partial charge >= 0.3 is 6.08 Å². The third-order valence-electron chi connectivity index (χ3n) is 3.01. The highest BCUT2D eigenvalue weighted by molar-refractivity contribution is 5.14. The first-order valence-corrected chi connectivity index (χ1v) is 7.39. The summed E-state index contributed by atoms with van der Waals surface area (Å²) in [4.78, 5) is 4.31. The molecule has 1 N–H and O–H groups in total. The molecule has 0 saturated carbocycles. The van der Waals surface area contributed by atoms with Crippen LogP contribution in [0.2, 0.25) is 0 Å². The molecular formula is C17H24N2O2. The number of hydrogen-bond acceptors (Lipinski definition) is 4. The molecule has 0 amide bonds. The van der Waals surface area contributed by atoms with Crippen LogP contribution >= 0.6 is 0 Å². The van der Waals surface area contributed by atoms with Crippen LogP contribution in [0.1, 0.15) is 38.4 Å². The normalized spacial score (nSPS) is 11.6. The van der Waals surface area contributed by atoms with Crippen molar-refractivity contribution in [2.75, 3.05) is 6.61 Å². The average molecular weight is 288 g/mol. The number of nitrogens with zero attached hydrogens (tertiary/aromatic N) is 1. The monoisotopic (exact) mass is 288 g/mol. The second-order valence-electron chi connectivity index (χ2n) is 6.15. The zero-order valence-corrected chi connectivity index (χ0v) is 13.1. The first-order valence-electron chi connectivity index (χ1n) is 7.39. The van der Waals surface area contributed by atoms with Gasteiger partial charge in [0.05, 0.1) is 12.3 Å². The lowest BCUT2D eigenvalue weighted by Gasteiger charge is -2.19. The Morgan fingerprint density at radius 1 is 1.19 bits per heavy atom. The van der Waals surface area contributed by atoms with Gasteiger partial charge in [-0.1, -0.05) is 30.3 Å². The van der Waals surface area contributed by atoms with Crippen molar-refractivity contribution in [2.24, 2.45) is 0 Å². The van der Waals surface area contributed by atoms with E-state index in [0.29, 0.717) is 19.2 Å². The molecule has 0 aliphatic carbocycles. The SMILES string of the molecule is CC(C)(C)NCc1coc(OCCCc2ccccc2)n1. The molecular weight excluding hydrogens is 264 g/mol. The Kier molecular flexibility index (Phi) is 5.39. The third kappa shape index (κ3) is 6.00. The van der Waals surface area contributed by atoms with Crippen molar-refractivity contribution in [1.82, 2.24) is 10.3 Å². The molecule has 114 valence electrons. The van der Waals surface area contributed by atoms with Crippen LogP contribution in [0, 0.1) is 0 Å². The Labute approximate surface area is 126 Å². The summed E-state index contributed by atoms with van der Waals surface area (Å²) in [6, 6.07) is 10.4. The van der Waals surface area contributed by atoms with Crippen LogP contribution in [0.25, 0.3) is 0 Å². The quantitative estimate of drug-likeness (QED) is 0.791. The molecule has 4 heteroatoms. The molecule has 0 bridgehead atoms. The fourth-order valence-corrected chi connectivity index (χ4v) is 1.87. The fraction of sp³-hybridized carbons (Fsp3) is 0.471. The summed E-state index contributed by atoms with van der Waals surface area (Å²) in [5, 5.41) is 3.36. The second kappa shape index (κ2) is 7.27. The molecule has 4 nitrogen and oxygen atoms in total. The highest BCUT2D eigenvalue weighted by Gasteiger charge is 2.11. The summed E-state index contributed by atoms with van der Waals surface area (Å²) in [5.41, 5.74) is 2.25. The number of rotatable bonds is 7. The van der Waals surface area contributed by atoms with E-state index in [1.807, 2.05) is 6.07 Å². The van der Waals surface area contributed by atoms with Gasteiger partial charge in [-0.05, 0) is 39.2 Å². The van der Waals surface area contributed by atoms with E-state index in [9.17, 15) is 0 Å². The van der Waals surface area contributed by atoms with Crippen molar-refractivity contribution in [3.05, 3.63) is 47.9 Å². The van der Waals surface area contributed by atoms with Gasteiger partial charge in [-0.25, -0.2) is 0 Å². The number of nitrogens with one attached hydrogen (secondary N) is 1. The molecule has 0 fully saturated rings. The number of ether oxygens (including phenoxy) is 1. The number of oxazole rings is 1. The first-order chi connectivity index (χ1) is 10.0. The van der Waals surface area contributed by atoms with E-state index < -0.39 is 0 Å². The topological polar surface area (TPSA) is 47.3 Å². The number of benzene rings is 1. The van der Waals surface area contributed by atoms with E-state index in [2.05, 4.69) is 55.3 Å². The molecule has 1 heterocycles. The lowest BCUT2D eigenvalue weighted by molar-refractivity contribution is 0.227. The van der Waals surface area contributed by atoms with Crippen molar-refractivity contribution in [1.29, 1.82) is 0 Å². The molecule has 0 atom stereocenters. The molecule has 2 aromatic rings. The number of hydrogen-bond donors (Lipinski definition) is 1. The molecule has 2 rings (SSSR count). The van der Waals surface area contributed by atoms with Gasteiger partial charge in [0, 0.05) is 12.1 Å². The summed E-state index contributed by atoms with van der Waals surface area (Å²) < 4.78 is 10.8. The van der Waals surface area contributed by atoms with E-state index in [1.165, 1.54) is 5.56 Å². The van der Waals surface area contributed by atoms with Gasteiger partial charge in [0.25, 0.3) is 0 Å². The summed E-state index contributed by atoms with van der Waals surface area (Å²) in [6.07, 6.45) is 3.95. The Morgan fingerprint density at radius 2 is 1.95 bits per heavy atom. The molecule has 0 saturated heterocycles. The smallest absolute Gasteiger partial charge is 0.393 e. The summed E-state index contributed by atoms with van der Waals surface area (Å²) >= 11 is 0. The zero-order valence-electron chi connectivity index (χ0n) is 13.1. The van der Waals surface area contributed by atoms with Crippen LogP contribution in [-0.2, 0) is 13.0 Å². The average Bonchev–Trinajstić information content (AvgIpc) is 2.90. The van der Waals surface area contributed by atoms with Gasteiger partial charge in [0.2, 0.25) is 0 Å². The largest absolute Gasteiger partial charge is 0.450 e. The summed E-state index contributed by atoms with van der Waals surface area (Å²) in [6.45, 7) is 7.65. The highest BCUT2D eigenvalue weighted by Crippen LogP contribution is 2.12. The Balaban J connectivity index is 1.68. The van der Waals surface area contributed by atoms with E-state index in [-0.39, 0.29) is 5.54 Å². The lowest BCUT2D eigenvalue weighted by atomic mass is 10.1. The molecule has 0 unspecified atom stereocenters. The molecule has 1 aromatic carbocycles. The number of aryl methyl sites for hydroxylation is 1. The lowest BCUT2D eigenvalue weighted by Crippen LogP contribution is -2.35. The van der Waals surface area contributed by atoms with Crippen molar-refractivity contribution in [2.45, 2.75) is 45.7 Å². The predicted molar refractivity (Wildman–Crippen MR) is 83.4 cm³/mol. The molecule has 0 aliphatic rings. The van der Waals surface area contributed by atoms with Crippen molar-refractivity contribution < 1.29 is 9.15 Å². The zero-order chi connectivity index (χ0) is 15.1. The van der Waals surface area contributed by atoms with E-state index in [4.69, 9.17) is 9.15 Å². The van der Waals surface area contributed by atoms with E-state index >= 15 is 0 Å². The standard InChI is InChI=1S/C17H24N2O2/c1-17(2,3)18-12-15-13-21-16(19-15)20-11-7-10-14-8-5-4-6-9-14/h4-6,8-9,13,18H,7,10-12H2,1-3H3. The molecule has 0 radical (unpaired) electrons. The maximum Gasteiger partial charge on any atom is 0.393 e. The van der Waals surface area contributed by atoms with Crippen molar-refractivity contribution in [3.8, 4) is 6.08 Å². The van der Waals surface area contributed by atoms with Crippen LogP contribution < -0.4 is 10.1 Å². The Morgan fingerprint density at radius 3 is 2.67 bits per heavy atom. The van der Waals surface area contributed by atoms with Crippen LogP contribution in [0.5, 0.6) is 6.08 Å². The van der Waals surface area contributed by atoms with Crippen LogP contribution in [0.4, 0.5) is 0 Å². The number of aromatic nitrogens is 1. The first kappa shape index (κ1) is 15.6. The Hall–Kier alpha value is -1.81. The Bertz CT molecular complexity index is 529. The summed E-state index contributed by atoms with van der Waals surface area (Å²) in [5.74, 6) is 0.